The second-order valence-electron chi connectivity index (χ2n) is 8.58. The number of sulfonamides is 1. The highest BCUT2D eigenvalue weighted by Crippen LogP contribution is 2.30. The van der Waals surface area contributed by atoms with Crippen molar-refractivity contribution < 1.29 is 13.2 Å². The average Bonchev–Trinajstić information content (AvgIpc) is 2.73. The highest BCUT2D eigenvalue weighted by molar-refractivity contribution is 7.92. The van der Waals surface area contributed by atoms with Gasteiger partial charge in [0.2, 0.25) is 0 Å². The molecule has 3 aromatic rings. The van der Waals surface area contributed by atoms with Crippen molar-refractivity contribution in [1.82, 2.24) is 5.32 Å². The summed E-state index contributed by atoms with van der Waals surface area (Å²) in [6, 6.07) is 18.5. The van der Waals surface area contributed by atoms with Gasteiger partial charge in [-0.15, -0.1) is 0 Å². The van der Waals surface area contributed by atoms with Crippen molar-refractivity contribution >= 4 is 21.6 Å². The van der Waals surface area contributed by atoms with Gasteiger partial charge in [0, 0.05) is 11.3 Å². The minimum Gasteiger partial charge on any atom is -0.345 e. The summed E-state index contributed by atoms with van der Waals surface area (Å²) in [6.07, 6.45) is 2.89. The molecule has 0 fully saturated rings. The fourth-order valence-corrected chi connectivity index (χ4v) is 5.73. The summed E-state index contributed by atoms with van der Waals surface area (Å²) >= 11 is 0. The number of carbonyl (C=O) groups is 1. The van der Waals surface area contributed by atoms with Crippen molar-refractivity contribution in [2.75, 3.05) is 4.72 Å². The van der Waals surface area contributed by atoms with Crippen molar-refractivity contribution in [2.24, 2.45) is 0 Å². The van der Waals surface area contributed by atoms with Crippen LogP contribution >= 0.6 is 0 Å². The third-order valence-electron chi connectivity index (χ3n) is 5.89. The van der Waals surface area contributed by atoms with Gasteiger partial charge in [0.1, 0.15) is 0 Å². The molecule has 0 aromatic heterocycles. The van der Waals surface area contributed by atoms with Crippen LogP contribution in [0.2, 0.25) is 0 Å². The molecule has 1 aliphatic rings. The molecule has 0 saturated heterocycles. The lowest BCUT2D eigenvalue weighted by Gasteiger charge is -2.26. The van der Waals surface area contributed by atoms with Gasteiger partial charge in [-0.25, -0.2) is 8.42 Å². The molecule has 1 atom stereocenters. The first-order valence-corrected chi connectivity index (χ1v) is 12.3. The monoisotopic (exact) mass is 448 g/mol. The van der Waals surface area contributed by atoms with Crippen molar-refractivity contribution in [3.63, 3.8) is 0 Å². The molecule has 4 rings (SSSR count). The number of hydrogen-bond acceptors (Lipinski definition) is 3. The van der Waals surface area contributed by atoms with Crippen LogP contribution in [0.15, 0.2) is 65.6 Å². The number of anilines is 1. The van der Waals surface area contributed by atoms with Crippen LogP contribution in [-0.4, -0.2) is 14.3 Å². The van der Waals surface area contributed by atoms with Gasteiger partial charge in [-0.05, 0) is 92.1 Å². The summed E-state index contributed by atoms with van der Waals surface area (Å²) in [4.78, 5) is 13.1. The van der Waals surface area contributed by atoms with Crippen LogP contribution in [0.5, 0.6) is 0 Å². The number of fused-ring (bicyclic) bond motifs is 1. The lowest BCUT2D eigenvalue weighted by atomic mass is 9.87. The Labute approximate surface area is 189 Å². The van der Waals surface area contributed by atoms with Crippen molar-refractivity contribution in [1.29, 1.82) is 0 Å². The molecular weight excluding hydrogens is 420 g/mol. The lowest BCUT2D eigenvalue weighted by molar-refractivity contribution is 0.0932. The zero-order chi connectivity index (χ0) is 22.9. The minimum atomic E-state index is -3.85. The number of aryl methyl sites for hydroxylation is 4. The predicted octanol–water partition coefficient (Wildman–Crippen LogP) is 5.22. The first kappa shape index (κ1) is 22.1. The number of amides is 1. The predicted molar refractivity (Wildman–Crippen MR) is 127 cm³/mol. The first-order valence-electron chi connectivity index (χ1n) is 10.8. The van der Waals surface area contributed by atoms with E-state index in [1.54, 1.807) is 31.2 Å². The molecule has 32 heavy (non-hydrogen) atoms. The SMILES string of the molecule is Cc1cc(C)cc(NS(=O)(=O)c2cc(C(=O)N[C@H]3CCCc4ccccc43)ccc2C)c1. The molecule has 0 unspecified atom stereocenters. The molecule has 0 bridgehead atoms. The van der Waals surface area contributed by atoms with Gasteiger partial charge in [-0.3, -0.25) is 9.52 Å². The molecule has 0 heterocycles. The second-order valence-corrected chi connectivity index (χ2v) is 10.2. The Hall–Kier alpha value is -3.12. The molecule has 0 saturated carbocycles. The summed E-state index contributed by atoms with van der Waals surface area (Å²) in [6.45, 7) is 5.57. The van der Waals surface area contributed by atoms with Gasteiger partial charge < -0.3 is 5.32 Å². The van der Waals surface area contributed by atoms with Gasteiger partial charge >= 0.3 is 0 Å². The highest BCUT2D eigenvalue weighted by atomic mass is 32.2. The van der Waals surface area contributed by atoms with Gasteiger partial charge in [0.25, 0.3) is 15.9 Å². The van der Waals surface area contributed by atoms with E-state index in [9.17, 15) is 13.2 Å². The molecule has 6 heteroatoms. The third-order valence-corrected chi connectivity index (χ3v) is 7.41. The van der Waals surface area contributed by atoms with E-state index in [4.69, 9.17) is 0 Å². The maximum absolute atomic E-state index is 13.1. The summed E-state index contributed by atoms with van der Waals surface area (Å²) in [5.41, 5.74) is 5.77. The third kappa shape index (κ3) is 4.70. The Morgan fingerprint density at radius 3 is 2.41 bits per heavy atom. The van der Waals surface area contributed by atoms with E-state index in [0.29, 0.717) is 16.8 Å². The first-order chi connectivity index (χ1) is 15.2. The van der Waals surface area contributed by atoms with Crippen molar-refractivity contribution in [3.05, 3.63) is 94.0 Å². The molecule has 3 aromatic carbocycles. The van der Waals surface area contributed by atoms with E-state index in [-0.39, 0.29) is 16.8 Å². The van der Waals surface area contributed by atoms with E-state index in [0.717, 1.165) is 36.0 Å². The smallest absolute Gasteiger partial charge is 0.262 e. The summed E-state index contributed by atoms with van der Waals surface area (Å²) in [5, 5.41) is 3.10. The molecule has 0 aliphatic heterocycles. The van der Waals surface area contributed by atoms with Crippen molar-refractivity contribution in [3.8, 4) is 0 Å². The normalized spacial score (nSPS) is 15.7. The average molecular weight is 449 g/mol. The largest absolute Gasteiger partial charge is 0.345 e. The minimum absolute atomic E-state index is 0.0674. The number of hydrogen-bond donors (Lipinski definition) is 2. The standard InChI is InChI=1S/C26H28N2O3S/c1-17-13-18(2)15-22(14-17)28-32(30,31)25-16-21(12-11-19(25)3)26(29)27-24-10-6-8-20-7-4-5-9-23(20)24/h4-5,7,9,11-16,24,28H,6,8,10H2,1-3H3,(H,27,29)/t24-/m0/s1. The fraction of sp³-hybridized carbons (Fsp3) is 0.269. The molecule has 0 spiro atoms. The van der Waals surface area contributed by atoms with E-state index in [1.165, 1.54) is 11.6 Å². The van der Waals surface area contributed by atoms with E-state index >= 15 is 0 Å². The summed E-state index contributed by atoms with van der Waals surface area (Å²) in [7, 11) is -3.85. The highest BCUT2D eigenvalue weighted by Gasteiger charge is 2.24. The fourth-order valence-electron chi connectivity index (χ4n) is 4.42. The summed E-state index contributed by atoms with van der Waals surface area (Å²) in [5.74, 6) is -0.269. The van der Waals surface area contributed by atoms with Crippen LogP contribution in [0, 0.1) is 20.8 Å². The van der Waals surface area contributed by atoms with Crippen LogP contribution < -0.4 is 10.0 Å². The van der Waals surface area contributed by atoms with E-state index in [1.807, 2.05) is 32.0 Å². The summed E-state index contributed by atoms with van der Waals surface area (Å²) < 4.78 is 28.9. The van der Waals surface area contributed by atoms with Crippen LogP contribution in [0.3, 0.4) is 0 Å². The Balaban J connectivity index is 1.59. The van der Waals surface area contributed by atoms with Crippen LogP contribution in [0.1, 0.15) is 57.1 Å². The zero-order valence-corrected chi connectivity index (χ0v) is 19.4. The van der Waals surface area contributed by atoms with Gasteiger partial charge in [-0.2, -0.15) is 0 Å². The quantitative estimate of drug-likeness (QED) is 0.562. The topological polar surface area (TPSA) is 75.3 Å². The molecule has 166 valence electrons. The number of benzene rings is 3. The number of rotatable bonds is 5. The Morgan fingerprint density at radius 2 is 1.66 bits per heavy atom. The molecule has 1 aliphatic carbocycles. The maximum Gasteiger partial charge on any atom is 0.262 e. The Kier molecular flexibility index (Phi) is 6.07. The van der Waals surface area contributed by atoms with Crippen LogP contribution in [-0.2, 0) is 16.4 Å². The van der Waals surface area contributed by atoms with Gasteiger partial charge in [-0.1, -0.05) is 36.4 Å². The lowest BCUT2D eigenvalue weighted by Crippen LogP contribution is -2.31. The van der Waals surface area contributed by atoms with Gasteiger partial charge in [0.15, 0.2) is 0 Å². The number of carbonyl (C=O) groups excluding carboxylic acids is 1. The molecule has 0 radical (unpaired) electrons. The second kappa shape index (κ2) is 8.79. The molecule has 5 nitrogen and oxygen atoms in total. The van der Waals surface area contributed by atoms with E-state index in [2.05, 4.69) is 22.2 Å². The molecule has 2 N–H and O–H groups in total. The van der Waals surface area contributed by atoms with E-state index < -0.39 is 10.0 Å². The Morgan fingerprint density at radius 1 is 0.938 bits per heavy atom. The van der Waals surface area contributed by atoms with Crippen LogP contribution in [0.25, 0.3) is 0 Å². The molecular formula is C26H28N2O3S. The van der Waals surface area contributed by atoms with Crippen LogP contribution in [0.4, 0.5) is 5.69 Å². The number of nitrogens with one attached hydrogen (secondary N) is 2. The van der Waals surface area contributed by atoms with Crippen molar-refractivity contribution in [2.45, 2.75) is 51.0 Å². The molecule has 1 amide bonds. The maximum atomic E-state index is 13.1. The zero-order valence-electron chi connectivity index (χ0n) is 18.6. The Bertz CT molecular complexity index is 1260. The van der Waals surface area contributed by atoms with Gasteiger partial charge in [0.05, 0.1) is 10.9 Å².